The van der Waals surface area contributed by atoms with E-state index in [1.165, 1.54) is 0 Å². The zero-order valence-corrected chi connectivity index (χ0v) is 10.1. The van der Waals surface area contributed by atoms with Crippen molar-refractivity contribution in [2.75, 3.05) is 25.5 Å². The summed E-state index contributed by atoms with van der Waals surface area (Å²) in [7, 11) is 1.97. The lowest BCUT2D eigenvalue weighted by Gasteiger charge is -2.12. The highest BCUT2D eigenvalue weighted by Gasteiger charge is 2.00. The Bertz CT molecular complexity index is 261. The molecule has 1 aromatic heterocycles. The molecule has 1 heterocycles. The Morgan fingerprint density at radius 2 is 2.21 bits per heavy atom. The van der Waals surface area contributed by atoms with Gasteiger partial charge in [0.1, 0.15) is 5.82 Å². The largest absolute Gasteiger partial charge is 0.370 e. The summed E-state index contributed by atoms with van der Waals surface area (Å²) in [5.74, 6) is 1.53. The van der Waals surface area contributed by atoms with Crippen LogP contribution in [0.4, 0.5) is 5.82 Å². The smallest absolute Gasteiger partial charge is 0.125 e. The molecule has 14 heavy (non-hydrogen) atoms. The molecule has 0 aromatic carbocycles. The standard InChI is InChI=1S/C10H16BrN3/c1-8(5-12-2)6-13-10-4-3-9(11)7-14-10/h3-4,7-8,12H,5-6H2,1-2H3,(H,13,14). The van der Waals surface area contributed by atoms with E-state index in [9.17, 15) is 0 Å². The molecule has 78 valence electrons. The molecule has 0 fully saturated rings. The fourth-order valence-corrected chi connectivity index (χ4v) is 1.41. The molecule has 1 unspecified atom stereocenters. The van der Waals surface area contributed by atoms with Crippen molar-refractivity contribution in [3.8, 4) is 0 Å². The Hall–Kier alpha value is -0.610. The van der Waals surface area contributed by atoms with Crippen molar-refractivity contribution in [3.05, 3.63) is 22.8 Å². The summed E-state index contributed by atoms with van der Waals surface area (Å²) in [5, 5.41) is 6.43. The number of pyridine rings is 1. The molecule has 0 aliphatic carbocycles. The Morgan fingerprint density at radius 1 is 1.43 bits per heavy atom. The second-order valence-corrected chi connectivity index (χ2v) is 4.32. The lowest BCUT2D eigenvalue weighted by molar-refractivity contribution is 0.569. The monoisotopic (exact) mass is 257 g/mol. The molecule has 1 aromatic rings. The van der Waals surface area contributed by atoms with Crippen molar-refractivity contribution >= 4 is 21.7 Å². The van der Waals surface area contributed by atoms with Crippen LogP contribution < -0.4 is 10.6 Å². The van der Waals surface area contributed by atoms with Gasteiger partial charge in [-0.1, -0.05) is 6.92 Å². The minimum absolute atomic E-state index is 0.602. The number of anilines is 1. The van der Waals surface area contributed by atoms with E-state index >= 15 is 0 Å². The van der Waals surface area contributed by atoms with Gasteiger partial charge in [0.15, 0.2) is 0 Å². The maximum Gasteiger partial charge on any atom is 0.125 e. The second-order valence-electron chi connectivity index (χ2n) is 3.41. The Balaban J connectivity index is 2.34. The van der Waals surface area contributed by atoms with Crippen molar-refractivity contribution in [2.45, 2.75) is 6.92 Å². The lowest BCUT2D eigenvalue weighted by Crippen LogP contribution is -2.23. The van der Waals surface area contributed by atoms with Gasteiger partial charge in [-0.05, 0) is 47.6 Å². The van der Waals surface area contributed by atoms with Crippen molar-refractivity contribution in [2.24, 2.45) is 5.92 Å². The van der Waals surface area contributed by atoms with Gasteiger partial charge in [0, 0.05) is 17.2 Å². The highest BCUT2D eigenvalue weighted by Crippen LogP contribution is 2.10. The van der Waals surface area contributed by atoms with E-state index < -0.39 is 0 Å². The van der Waals surface area contributed by atoms with Crippen LogP contribution in [-0.2, 0) is 0 Å². The topological polar surface area (TPSA) is 37.0 Å². The summed E-state index contributed by atoms with van der Waals surface area (Å²) < 4.78 is 1.01. The van der Waals surface area contributed by atoms with Crippen LogP contribution in [0.25, 0.3) is 0 Å². The third-order valence-corrected chi connectivity index (χ3v) is 2.38. The summed E-state index contributed by atoms with van der Waals surface area (Å²) in [6.07, 6.45) is 1.80. The maximum atomic E-state index is 4.23. The van der Waals surface area contributed by atoms with Crippen molar-refractivity contribution in [1.29, 1.82) is 0 Å². The van der Waals surface area contributed by atoms with Crippen LogP contribution in [-0.4, -0.2) is 25.1 Å². The quantitative estimate of drug-likeness (QED) is 0.849. The predicted octanol–water partition coefficient (Wildman–Crippen LogP) is 2.11. The van der Waals surface area contributed by atoms with Crippen LogP contribution >= 0.6 is 15.9 Å². The average Bonchev–Trinajstić information content (AvgIpc) is 2.17. The molecule has 0 amide bonds. The fraction of sp³-hybridized carbons (Fsp3) is 0.500. The van der Waals surface area contributed by atoms with E-state index in [-0.39, 0.29) is 0 Å². The molecule has 0 aliphatic heterocycles. The van der Waals surface area contributed by atoms with Crippen LogP contribution in [0.2, 0.25) is 0 Å². The molecule has 0 bridgehead atoms. The Labute approximate surface area is 93.4 Å². The predicted molar refractivity (Wildman–Crippen MR) is 63.5 cm³/mol. The first kappa shape index (κ1) is 11.5. The molecule has 1 rings (SSSR count). The van der Waals surface area contributed by atoms with Crippen LogP contribution in [0.3, 0.4) is 0 Å². The minimum atomic E-state index is 0.602. The van der Waals surface area contributed by atoms with Gasteiger partial charge in [-0.15, -0.1) is 0 Å². The van der Waals surface area contributed by atoms with Gasteiger partial charge < -0.3 is 10.6 Å². The van der Waals surface area contributed by atoms with E-state index in [1.807, 2.05) is 19.2 Å². The molecular weight excluding hydrogens is 242 g/mol. The number of nitrogens with one attached hydrogen (secondary N) is 2. The number of hydrogen-bond acceptors (Lipinski definition) is 3. The normalized spacial score (nSPS) is 12.5. The highest BCUT2D eigenvalue weighted by molar-refractivity contribution is 9.10. The summed E-state index contributed by atoms with van der Waals surface area (Å²) in [6.45, 7) is 4.15. The highest BCUT2D eigenvalue weighted by atomic mass is 79.9. The van der Waals surface area contributed by atoms with Gasteiger partial charge in [-0.25, -0.2) is 4.98 Å². The summed E-state index contributed by atoms with van der Waals surface area (Å²) in [6, 6.07) is 3.95. The zero-order valence-electron chi connectivity index (χ0n) is 8.55. The lowest BCUT2D eigenvalue weighted by atomic mass is 10.2. The van der Waals surface area contributed by atoms with E-state index in [0.29, 0.717) is 5.92 Å². The SMILES string of the molecule is CNCC(C)CNc1ccc(Br)cn1. The molecule has 0 radical (unpaired) electrons. The van der Waals surface area contributed by atoms with Crippen LogP contribution in [0.1, 0.15) is 6.92 Å². The first-order chi connectivity index (χ1) is 6.72. The van der Waals surface area contributed by atoms with Crippen LogP contribution in [0, 0.1) is 5.92 Å². The summed E-state index contributed by atoms with van der Waals surface area (Å²) in [4.78, 5) is 4.23. The zero-order chi connectivity index (χ0) is 10.4. The van der Waals surface area contributed by atoms with E-state index in [4.69, 9.17) is 0 Å². The van der Waals surface area contributed by atoms with Gasteiger partial charge >= 0.3 is 0 Å². The first-order valence-corrected chi connectivity index (χ1v) is 5.51. The Kier molecular flexibility index (Phi) is 4.90. The second kappa shape index (κ2) is 5.98. The fourth-order valence-electron chi connectivity index (χ4n) is 1.18. The maximum absolute atomic E-state index is 4.23. The third kappa shape index (κ3) is 4.07. The minimum Gasteiger partial charge on any atom is -0.370 e. The first-order valence-electron chi connectivity index (χ1n) is 4.72. The molecule has 4 heteroatoms. The molecule has 0 saturated carbocycles. The summed E-state index contributed by atoms with van der Waals surface area (Å²) in [5.41, 5.74) is 0. The van der Waals surface area contributed by atoms with E-state index in [2.05, 4.69) is 38.5 Å². The number of halogens is 1. The molecule has 0 spiro atoms. The van der Waals surface area contributed by atoms with Crippen molar-refractivity contribution in [1.82, 2.24) is 10.3 Å². The van der Waals surface area contributed by atoms with Gasteiger partial charge in [-0.2, -0.15) is 0 Å². The molecule has 1 atom stereocenters. The van der Waals surface area contributed by atoms with Gasteiger partial charge in [0.05, 0.1) is 0 Å². The molecule has 3 nitrogen and oxygen atoms in total. The summed E-state index contributed by atoms with van der Waals surface area (Å²) >= 11 is 3.35. The van der Waals surface area contributed by atoms with Gasteiger partial charge in [0.2, 0.25) is 0 Å². The molecular formula is C10H16BrN3. The van der Waals surface area contributed by atoms with Crippen molar-refractivity contribution in [3.63, 3.8) is 0 Å². The number of rotatable bonds is 5. The van der Waals surface area contributed by atoms with Crippen molar-refractivity contribution < 1.29 is 0 Å². The number of nitrogens with zero attached hydrogens (tertiary/aromatic N) is 1. The third-order valence-electron chi connectivity index (χ3n) is 1.91. The molecule has 0 saturated heterocycles. The van der Waals surface area contributed by atoms with E-state index in [1.54, 1.807) is 6.20 Å². The van der Waals surface area contributed by atoms with Crippen LogP contribution in [0.15, 0.2) is 22.8 Å². The van der Waals surface area contributed by atoms with Gasteiger partial charge in [-0.3, -0.25) is 0 Å². The average molecular weight is 258 g/mol. The molecule has 0 aliphatic rings. The Morgan fingerprint density at radius 3 is 2.79 bits per heavy atom. The number of aromatic nitrogens is 1. The van der Waals surface area contributed by atoms with Crippen LogP contribution in [0.5, 0.6) is 0 Å². The number of hydrogen-bond donors (Lipinski definition) is 2. The van der Waals surface area contributed by atoms with E-state index in [0.717, 1.165) is 23.4 Å². The van der Waals surface area contributed by atoms with Gasteiger partial charge in [0.25, 0.3) is 0 Å². The molecule has 2 N–H and O–H groups in total.